The smallest absolute Gasteiger partial charge is 0.242 e. The lowest BCUT2D eigenvalue weighted by Gasteiger charge is -2.23. The number of amides is 1. The van der Waals surface area contributed by atoms with E-state index in [2.05, 4.69) is 29.0 Å². The number of carbonyl (C=O) groups is 2. The van der Waals surface area contributed by atoms with Crippen molar-refractivity contribution in [2.45, 2.75) is 59.9 Å². The summed E-state index contributed by atoms with van der Waals surface area (Å²) in [4.78, 5) is 32.0. The lowest BCUT2D eigenvalue weighted by molar-refractivity contribution is -0.132. The van der Waals surface area contributed by atoms with Crippen LogP contribution < -0.4 is 4.74 Å². The van der Waals surface area contributed by atoms with Gasteiger partial charge in [-0.3, -0.25) is 9.59 Å². The number of aromatic nitrogens is 4. The predicted octanol–water partition coefficient (Wildman–Crippen LogP) is 3.10. The summed E-state index contributed by atoms with van der Waals surface area (Å²) in [5, 5.41) is 7.97. The van der Waals surface area contributed by atoms with Crippen molar-refractivity contribution in [2.24, 2.45) is 5.92 Å². The minimum absolute atomic E-state index is 0.0187. The van der Waals surface area contributed by atoms with E-state index in [1.165, 1.54) is 7.11 Å². The summed E-state index contributed by atoms with van der Waals surface area (Å²) in [6, 6.07) is 1.67. The maximum Gasteiger partial charge on any atom is 0.242 e. The van der Waals surface area contributed by atoms with Gasteiger partial charge in [-0.05, 0) is 12.8 Å². The van der Waals surface area contributed by atoms with E-state index >= 15 is 0 Å². The molecule has 0 N–H and O–H groups in total. The van der Waals surface area contributed by atoms with E-state index in [0.717, 1.165) is 38.8 Å². The molecule has 2 aromatic heterocycles. The van der Waals surface area contributed by atoms with Crippen LogP contribution in [0.25, 0.3) is 11.2 Å². The highest BCUT2D eigenvalue weighted by atomic mass is 16.5. The van der Waals surface area contributed by atoms with Crippen molar-refractivity contribution in [1.82, 2.24) is 24.6 Å². The van der Waals surface area contributed by atoms with Crippen molar-refractivity contribution in [3.05, 3.63) is 11.9 Å². The molecule has 0 aliphatic rings. The molecule has 28 heavy (non-hydrogen) atoms. The number of hydrogen-bond donors (Lipinski definition) is 0. The van der Waals surface area contributed by atoms with Gasteiger partial charge < -0.3 is 14.2 Å². The monoisotopic (exact) mass is 389 g/mol. The van der Waals surface area contributed by atoms with Crippen LogP contribution in [0.15, 0.2) is 6.07 Å². The van der Waals surface area contributed by atoms with E-state index in [0.29, 0.717) is 17.0 Å². The number of unbranched alkanes of at least 4 members (excludes halogenated alkanes) is 2. The topological polar surface area (TPSA) is 90.2 Å². The van der Waals surface area contributed by atoms with Gasteiger partial charge in [0.15, 0.2) is 5.82 Å². The molecule has 2 heterocycles. The van der Waals surface area contributed by atoms with Crippen molar-refractivity contribution in [2.75, 3.05) is 20.2 Å². The van der Waals surface area contributed by atoms with E-state index in [1.54, 1.807) is 10.6 Å². The second kappa shape index (κ2) is 10.1. The molecule has 0 radical (unpaired) electrons. The number of imidazole rings is 1. The molecule has 154 valence electrons. The molecule has 0 bridgehead atoms. The van der Waals surface area contributed by atoms with Gasteiger partial charge in [-0.1, -0.05) is 40.5 Å². The number of Topliss-reactive ketones (excluding diaryl/α,β-unsaturated/α-hetero) is 1. The molecule has 0 saturated heterocycles. The van der Waals surface area contributed by atoms with E-state index in [4.69, 9.17) is 4.74 Å². The normalized spacial score (nSPS) is 11.2. The molecule has 0 aliphatic heterocycles. The average molecular weight is 390 g/mol. The minimum atomic E-state index is -0.239. The minimum Gasteiger partial charge on any atom is -0.480 e. The van der Waals surface area contributed by atoms with E-state index in [1.807, 2.05) is 18.7 Å². The van der Waals surface area contributed by atoms with Crippen LogP contribution in [-0.4, -0.2) is 56.5 Å². The lowest BCUT2D eigenvalue weighted by atomic mass is 10.1. The summed E-state index contributed by atoms with van der Waals surface area (Å²) < 4.78 is 6.81. The van der Waals surface area contributed by atoms with Gasteiger partial charge in [-0.25, -0.2) is 4.98 Å². The molecule has 0 spiro atoms. The van der Waals surface area contributed by atoms with Crippen molar-refractivity contribution in [1.29, 1.82) is 0 Å². The van der Waals surface area contributed by atoms with Crippen molar-refractivity contribution in [3.63, 3.8) is 0 Å². The van der Waals surface area contributed by atoms with Gasteiger partial charge >= 0.3 is 0 Å². The summed E-state index contributed by atoms with van der Waals surface area (Å²) in [6.45, 7) is 9.33. The van der Waals surface area contributed by atoms with E-state index in [9.17, 15) is 9.59 Å². The van der Waals surface area contributed by atoms with E-state index < -0.39 is 0 Å². The van der Waals surface area contributed by atoms with Crippen LogP contribution in [0.4, 0.5) is 0 Å². The zero-order valence-corrected chi connectivity index (χ0v) is 17.6. The first-order valence-electron chi connectivity index (χ1n) is 10.0. The Balaban J connectivity index is 2.42. The second-order valence-electron chi connectivity index (χ2n) is 7.22. The molecule has 0 saturated carbocycles. The molecule has 0 atom stereocenters. The SMILES string of the molecule is CCCCN(CCCC)C(=O)Cn1c(C(=O)C(C)C)nc2nnc(OC)cc21. The fourth-order valence-corrected chi connectivity index (χ4v) is 2.91. The Morgan fingerprint density at radius 3 is 2.32 bits per heavy atom. The fraction of sp³-hybridized carbons (Fsp3) is 0.650. The maximum absolute atomic E-state index is 13.1. The van der Waals surface area contributed by atoms with Crippen LogP contribution in [0.1, 0.15) is 64.0 Å². The van der Waals surface area contributed by atoms with Crippen LogP contribution in [0.3, 0.4) is 0 Å². The van der Waals surface area contributed by atoms with Crippen LogP contribution in [0.5, 0.6) is 5.88 Å². The molecule has 8 nitrogen and oxygen atoms in total. The fourth-order valence-electron chi connectivity index (χ4n) is 2.91. The summed E-state index contributed by atoms with van der Waals surface area (Å²) in [6.07, 6.45) is 3.95. The molecule has 0 aliphatic carbocycles. The third kappa shape index (κ3) is 5.05. The van der Waals surface area contributed by atoms with Crippen LogP contribution in [0, 0.1) is 5.92 Å². The average Bonchev–Trinajstić information content (AvgIpc) is 3.04. The van der Waals surface area contributed by atoms with Crippen LogP contribution >= 0.6 is 0 Å². The zero-order valence-electron chi connectivity index (χ0n) is 17.6. The Morgan fingerprint density at radius 2 is 1.79 bits per heavy atom. The summed E-state index contributed by atoms with van der Waals surface area (Å²) in [7, 11) is 1.50. The Bertz CT molecular complexity index is 808. The van der Waals surface area contributed by atoms with Crippen LogP contribution in [-0.2, 0) is 11.3 Å². The predicted molar refractivity (Wildman–Crippen MR) is 107 cm³/mol. The number of ether oxygens (including phenoxy) is 1. The number of methoxy groups -OCH3 is 1. The Morgan fingerprint density at radius 1 is 1.14 bits per heavy atom. The van der Waals surface area contributed by atoms with Gasteiger partial charge in [0.2, 0.25) is 23.2 Å². The number of carbonyl (C=O) groups excluding carboxylic acids is 2. The first-order chi connectivity index (χ1) is 13.4. The molecule has 8 heteroatoms. The first-order valence-corrected chi connectivity index (χ1v) is 10.0. The molecular weight excluding hydrogens is 358 g/mol. The second-order valence-corrected chi connectivity index (χ2v) is 7.22. The highest BCUT2D eigenvalue weighted by Crippen LogP contribution is 2.20. The molecule has 0 unspecified atom stereocenters. The molecule has 0 fully saturated rings. The largest absolute Gasteiger partial charge is 0.480 e. The standard InChI is InChI=1S/C20H31N5O3/c1-6-8-10-24(11-9-7-2)17(26)13-25-15-12-16(28-5)22-23-19(15)21-20(25)18(27)14(3)4/h12,14H,6-11,13H2,1-5H3. The zero-order chi connectivity index (χ0) is 20.7. The van der Waals surface area contributed by atoms with Gasteiger partial charge in [-0.15, -0.1) is 10.2 Å². The highest BCUT2D eigenvalue weighted by Gasteiger charge is 2.24. The van der Waals surface area contributed by atoms with Crippen molar-refractivity contribution >= 4 is 22.9 Å². The number of fused-ring (bicyclic) bond motifs is 1. The van der Waals surface area contributed by atoms with Crippen molar-refractivity contribution in [3.8, 4) is 5.88 Å². The quantitative estimate of drug-likeness (QED) is 0.549. The number of ketones is 1. The molecule has 1 amide bonds. The maximum atomic E-state index is 13.1. The molecular formula is C20H31N5O3. The lowest BCUT2D eigenvalue weighted by Crippen LogP contribution is -2.36. The number of nitrogens with zero attached hydrogens (tertiary/aromatic N) is 5. The highest BCUT2D eigenvalue weighted by molar-refractivity contribution is 5.97. The van der Waals surface area contributed by atoms with Gasteiger partial charge in [0.25, 0.3) is 0 Å². The first kappa shape index (κ1) is 21.8. The Kier molecular flexibility index (Phi) is 7.90. The summed E-state index contributed by atoms with van der Waals surface area (Å²) in [5.74, 6) is 0.176. The van der Waals surface area contributed by atoms with Gasteiger partial charge in [0, 0.05) is 25.1 Å². The van der Waals surface area contributed by atoms with Gasteiger partial charge in [0.05, 0.1) is 12.6 Å². The van der Waals surface area contributed by atoms with Gasteiger partial charge in [-0.2, -0.15) is 0 Å². The Hall–Kier alpha value is -2.51. The molecule has 2 rings (SSSR count). The third-order valence-corrected chi connectivity index (χ3v) is 4.65. The third-order valence-electron chi connectivity index (χ3n) is 4.65. The van der Waals surface area contributed by atoms with Crippen molar-refractivity contribution < 1.29 is 14.3 Å². The summed E-state index contributed by atoms with van der Waals surface area (Å²) >= 11 is 0. The molecule has 2 aromatic rings. The van der Waals surface area contributed by atoms with Gasteiger partial charge in [0.1, 0.15) is 6.54 Å². The molecule has 0 aromatic carbocycles. The Labute approximate surface area is 166 Å². The van der Waals surface area contributed by atoms with Crippen LogP contribution in [0.2, 0.25) is 0 Å². The number of hydrogen-bond acceptors (Lipinski definition) is 6. The van der Waals surface area contributed by atoms with E-state index in [-0.39, 0.29) is 30.0 Å². The summed E-state index contributed by atoms with van der Waals surface area (Å²) in [5.41, 5.74) is 0.918. The number of rotatable bonds is 11.